The number of nitrogens with two attached hydrogens (primary N) is 1. The van der Waals surface area contributed by atoms with E-state index in [2.05, 4.69) is 31.1 Å². The summed E-state index contributed by atoms with van der Waals surface area (Å²) >= 11 is 3.29. The Morgan fingerprint density at radius 2 is 2.36 bits per heavy atom. The lowest BCUT2D eigenvalue weighted by Crippen LogP contribution is -2.03. The smallest absolute Gasteiger partial charge is 0.180 e. The van der Waals surface area contributed by atoms with Crippen LogP contribution in [0.15, 0.2) is 27.0 Å². The molecule has 5 heteroatoms. The molecule has 1 unspecified atom stereocenters. The molecule has 0 fully saturated rings. The van der Waals surface area contributed by atoms with E-state index in [4.69, 9.17) is 5.73 Å². The molecular weight excluding hydrogens is 208 g/mol. The lowest BCUT2D eigenvalue weighted by molar-refractivity contribution is 0.768. The maximum absolute atomic E-state index is 5.59. The number of nitrogens with zero attached hydrogens (tertiary/aromatic N) is 3. The van der Waals surface area contributed by atoms with Gasteiger partial charge in [-0.2, -0.15) is 5.11 Å². The van der Waals surface area contributed by atoms with Crippen LogP contribution >= 0.6 is 15.9 Å². The molecule has 0 saturated carbocycles. The summed E-state index contributed by atoms with van der Waals surface area (Å²) in [5.74, 6) is 0.626. The van der Waals surface area contributed by atoms with Crippen LogP contribution in [0.4, 0.5) is 5.82 Å². The van der Waals surface area contributed by atoms with E-state index in [-0.39, 0.29) is 6.17 Å². The van der Waals surface area contributed by atoms with Crippen LogP contribution < -0.4 is 5.73 Å². The summed E-state index contributed by atoms with van der Waals surface area (Å²) in [7, 11) is 0. The van der Waals surface area contributed by atoms with Gasteiger partial charge in [0.05, 0.1) is 0 Å². The quantitative estimate of drug-likeness (QED) is 0.715. The van der Waals surface area contributed by atoms with E-state index in [0.717, 1.165) is 10.0 Å². The zero-order chi connectivity index (χ0) is 7.84. The van der Waals surface area contributed by atoms with Gasteiger partial charge in [-0.15, -0.1) is 5.11 Å². The van der Waals surface area contributed by atoms with E-state index in [1.807, 2.05) is 6.07 Å². The monoisotopic (exact) mass is 212 g/mol. The number of aromatic nitrogens is 1. The van der Waals surface area contributed by atoms with Crippen LogP contribution in [-0.2, 0) is 0 Å². The van der Waals surface area contributed by atoms with Gasteiger partial charge >= 0.3 is 0 Å². The minimum atomic E-state index is -0.338. The van der Waals surface area contributed by atoms with E-state index >= 15 is 0 Å². The molecule has 56 valence electrons. The van der Waals surface area contributed by atoms with E-state index < -0.39 is 0 Å². The Labute approximate surface area is 71.7 Å². The van der Waals surface area contributed by atoms with Crippen molar-refractivity contribution >= 4 is 21.7 Å². The SMILES string of the molecule is NC1N=Nc2ncc(Br)cc21. The summed E-state index contributed by atoms with van der Waals surface area (Å²) in [6, 6.07) is 1.88. The lowest BCUT2D eigenvalue weighted by atomic mass is 10.2. The topological polar surface area (TPSA) is 63.6 Å². The van der Waals surface area contributed by atoms with Crippen LogP contribution in [0.2, 0.25) is 0 Å². The largest absolute Gasteiger partial charge is 0.304 e. The molecule has 2 heterocycles. The molecule has 1 aliphatic rings. The van der Waals surface area contributed by atoms with Gasteiger partial charge in [0.15, 0.2) is 5.82 Å². The molecule has 0 spiro atoms. The number of rotatable bonds is 0. The molecule has 11 heavy (non-hydrogen) atoms. The van der Waals surface area contributed by atoms with Crippen LogP contribution in [0.3, 0.4) is 0 Å². The zero-order valence-electron chi connectivity index (χ0n) is 5.53. The third kappa shape index (κ3) is 1.06. The first kappa shape index (κ1) is 6.87. The molecule has 0 amide bonds. The molecule has 4 nitrogen and oxygen atoms in total. The Kier molecular flexibility index (Phi) is 1.47. The maximum atomic E-state index is 5.59. The predicted octanol–water partition coefficient (Wildman–Crippen LogP) is 1.90. The molecule has 0 aliphatic carbocycles. The first-order valence-electron chi connectivity index (χ1n) is 3.09. The number of halogens is 1. The van der Waals surface area contributed by atoms with Gasteiger partial charge in [0.1, 0.15) is 6.17 Å². The molecule has 0 bridgehead atoms. The van der Waals surface area contributed by atoms with Gasteiger partial charge in [-0.1, -0.05) is 0 Å². The second-order valence-corrected chi connectivity index (χ2v) is 3.14. The van der Waals surface area contributed by atoms with Gasteiger partial charge in [-0.05, 0) is 22.0 Å². The van der Waals surface area contributed by atoms with Gasteiger partial charge in [0.25, 0.3) is 0 Å². The first-order chi connectivity index (χ1) is 5.27. The minimum absolute atomic E-state index is 0.338. The average Bonchev–Trinajstić information content (AvgIpc) is 2.33. The summed E-state index contributed by atoms with van der Waals surface area (Å²) in [5.41, 5.74) is 6.47. The second kappa shape index (κ2) is 2.35. The van der Waals surface area contributed by atoms with E-state index in [1.165, 1.54) is 0 Å². The van der Waals surface area contributed by atoms with Gasteiger partial charge in [0.2, 0.25) is 0 Å². The van der Waals surface area contributed by atoms with Crippen molar-refractivity contribution in [2.45, 2.75) is 6.17 Å². The van der Waals surface area contributed by atoms with Crippen LogP contribution in [0.25, 0.3) is 0 Å². The average molecular weight is 213 g/mol. The van der Waals surface area contributed by atoms with Crippen molar-refractivity contribution in [2.75, 3.05) is 0 Å². The van der Waals surface area contributed by atoms with Crippen molar-refractivity contribution < 1.29 is 0 Å². The molecule has 1 aromatic rings. The fourth-order valence-corrected chi connectivity index (χ4v) is 1.28. The van der Waals surface area contributed by atoms with Gasteiger partial charge in [-0.25, -0.2) is 4.98 Å². The van der Waals surface area contributed by atoms with Crippen LogP contribution in [0.1, 0.15) is 11.7 Å². The van der Waals surface area contributed by atoms with Gasteiger partial charge < -0.3 is 5.73 Å². The Balaban J connectivity index is 2.58. The highest BCUT2D eigenvalue weighted by molar-refractivity contribution is 9.10. The molecule has 0 radical (unpaired) electrons. The summed E-state index contributed by atoms with van der Waals surface area (Å²) in [6.45, 7) is 0. The molecule has 0 aromatic carbocycles. The zero-order valence-corrected chi connectivity index (χ0v) is 7.12. The molecule has 1 aliphatic heterocycles. The molecule has 1 atom stereocenters. The number of fused-ring (bicyclic) bond motifs is 1. The first-order valence-corrected chi connectivity index (χ1v) is 3.88. The summed E-state index contributed by atoms with van der Waals surface area (Å²) in [6.07, 6.45) is 1.34. The van der Waals surface area contributed by atoms with Gasteiger partial charge in [0, 0.05) is 16.2 Å². The Bertz CT molecular complexity index is 322. The second-order valence-electron chi connectivity index (χ2n) is 2.23. The van der Waals surface area contributed by atoms with Crippen molar-refractivity contribution in [3.8, 4) is 0 Å². The maximum Gasteiger partial charge on any atom is 0.180 e. The van der Waals surface area contributed by atoms with Crippen LogP contribution in [0, 0.1) is 0 Å². The lowest BCUT2D eigenvalue weighted by Gasteiger charge is -1.98. The number of pyridine rings is 1. The summed E-state index contributed by atoms with van der Waals surface area (Å²) in [4.78, 5) is 4.02. The Morgan fingerprint density at radius 1 is 1.55 bits per heavy atom. The fourth-order valence-electron chi connectivity index (χ4n) is 0.928. The van der Waals surface area contributed by atoms with Crippen LogP contribution in [-0.4, -0.2) is 4.98 Å². The number of hydrogen-bond donors (Lipinski definition) is 1. The van der Waals surface area contributed by atoms with Crippen molar-refractivity contribution in [2.24, 2.45) is 16.0 Å². The van der Waals surface area contributed by atoms with Crippen molar-refractivity contribution in [1.29, 1.82) is 0 Å². The fraction of sp³-hybridized carbons (Fsp3) is 0.167. The van der Waals surface area contributed by atoms with E-state index in [1.54, 1.807) is 6.20 Å². The third-order valence-corrected chi connectivity index (χ3v) is 1.89. The van der Waals surface area contributed by atoms with Crippen LogP contribution in [0.5, 0.6) is 0 Å². The van der Waals surface area contributed by atoms with Gasteiger partial charge in [-0.3, -0.25) is 0 Å². The minimum Gasteiger partial charge on any atom is -0.304 e. The third-order valence-electron chi connectivity index (χ3n) is 1.46. The molecule has 2 rings (SSSR count). The standard InChI is InChI=1S/C6H5BrN4/c7-3-1-4-5(8)10-11-6(4)9-2-3/h1-2,5H,8H2. The molecular formula is C6H5BrN4. The summed E-state index contributed by atoms with van der Waals surface area (Å²) in [5, 5.41) is 7.55. The Morgan fingerprint density at radius 3 is 3.18 bits per heavy atom. The van der Waals surface area contributed by atoms with E-state index in [9.17, 15) is 0 Å². The van der Waals surface area contributed by atoms with Crippen molar-refractivity contribution in [3.63, 3.8) is 0 Å². The van der Waals surface area contributed by atoms with Crippen molar-refractivity contribution in [3.05, 3.63) is 22.3 Å². The highest BCUT2D eigenvalue weighted by Gasteiger charge is 2.17. The highest BCUT2D eigenvalue weighted by Crippen LogP contribution is 2.31. The number of azo groups is 1. The highest BCUT2D eigenvalue weighted by atomic mass is 79.9. The normalized spacial score (nSPS) is 20.4. The summed E-state index contributed by atoms with van der Waals surface area (Å²) < 4.78 is 0.902. The molecule has 1 aromatic heterocycles. The molecule has 0 saturated heterocycles. The predicted molar refractivity (Wildman–Crippen MR) is 43.4 cm³/mol. The Hall–Kier alpha value is -0.810. The van der Waals surface area contributed by atoms with Crippen molar-refractivity contribution in [1.82, 2.24) is 4.98 Å². The number of hydrogen-bond acceptors (Lipinski definition) is 4. The van der Waals surface area contributed by atoms with E-state index in [0.29, 0.717) is 5.82 Å². The molecule has 2 N–H and O–H groups in total.